The van der Waals surface area contributed by atoms with Gasteiger partial charge in [-0.25, -0.2) is 23.2 Å². The second-order valence-corrected chi connectivity index (χ2v) is 8.46. The van der Waals surface area contributed by atoms with Crippen molar-refractivity contribution >= 4 is 6.03 Å². The van der Waals surface area contributed by atoms with Gasteiger partial charge >= 0.3 is 11.7 Å². The highest BCUT2D eigenvalue weighted by molar-refractivity contribution is 5.83. The summed E-state index contributed by atoms with van der Waals surface area (Å²) < 4.78 is 17.4. The Kier molecular flexibility index (Phi) is 6.65. The second-order valence-electron chi connectivity index (χ2n) is 8.46. The van der Waals surface area contributed by atoms with Crippen LogP contribution in [0.3, 0.4) is 0 Å². The number of pyridine rings is 1. The molecule has 0 saturated carbocycles. The summed E-state index contributed by atoms with van der Waals surface area (Å²) in [6.45, 7) is 1.14. The van der Waals surface area contributed by atoms with Gasteiger partial charge in [0, 0.05) is 6.20 Å². The minimum absolute atomic E-state index is 0.113. The van der Waals surface area contributed by atoms with E-state index in [9.17, 15) is 14.0 Å². The molecule has 2 aromatic carbocycles. The van der Waals surface area contributed by atoms with Crippen molar-refractivity contribution in [3.8, 4) is 28.8 Å². The van der Waals surface area contributed by atoms with Crippen molar-refractivity contribution in [2.45, 2.75) is 20.1 Å². The molecule has 5 aromatic rings. The first kappa shape index (κ1) is 24.4. The fraction of sp³-hybridized carbons (Fsp3) is 0.107. The van der Waals surface area contributed by atoms with Crippen LogP contribution in [-0.2, 0) is 13.2 Å². The topological polar surface area (TPSA) is 111 Å². The lowest BCUT2D eigenvalue weighted by molar-refractivity contribution is 0.241. The Balaban J connectivity index is 1.67. The molecule has 0 aliphatic carbocycles. The molecule has 0 fully saturated rings. The van der Waals surface area contributed by atoms with Crippen molar-refractivity contribution in [2.75, 3.05) is 0 Å². The molecule has 10 heteroatoms. The number of aromatic nitrogens is 5. The van der Waals surface area contributed by atoms with Crippen molar-refractivity contribution in [3.05, 3.63) is 118 Å². The Morgan fingerprint density at radius 1 is 1.03 bits per heavy atom. The summed E-state index contributed by atoms with van der Waals surface area (Å²) >= 11 is 0. The molecule has 0 atom stereocenters. The van der Waals surface area contributed by atoms with Gasteiger partial charge in [0.25, 0.3) is 0 Å². The lowest BCUT2D eigenvalue weighted by Crippen LogP contribution is -2.37. The minimum Gasteiger partial charge on any atom is -0.332 e. The highest BCUT2D eigenvalue weighted by Gasteiger charge is 2.26. The summed E-state index contributed by atoms with van der Waals surface area (Å²) in [5.74, 6) is 0. The summed E-state index contributed by atoms with van der Waals surface area (Å²) in [5.41, 5.74) is 3.26. The van der Waals surface area contributed by atoms with Crippen molar-refractivity contribution < 1.29 is 9.18 Å². The predicted octanol–water partition coefficient (Wildman–Crippen LogP) is 4.29. The number of nitriles is 1. The Hall–Kier alpha value is -5.30. The van der Waals surface area contributed by atoms with Gasteiger partial charge in [-0.05, 0) is 67.1 Å². The van der Waals surface area contributed by atoms with Crippen LogP contribution in [0.1, 0.15) is 22.5 Å². The van der Waals surface area contributed by atoms with E-state index < -0.39 is 18.4 Å². The predicted molar refractivity (Wildman–Crippen MR) is 139 cm³/mol. The molecule has 0 bridgehead atoms. The largest absolute Gasteiger partial charge is 0.341 e. The number of hydrogen-bond donors (Lipinski definition) is 1. The molecule has 0 saturated heterocycles. The molecule has 1 N–H and O–H groups in total. The van der Waals surface area contributed by atoms with Gasteiger partial charge in [0.2, 0.25) is 0 Å². The van der Waals surface area contributed by atoms with E-state index in [0.717, 1.165) is 4.57 Å². The number of amides is 1. The van der Waals surface area contributed by atoms with Crippen LogP contribution < -0.4 is 11.0 Å². The molecule has 1 amide bonds. The molecule has 9 nitrogen and oxygen atoms in total. The van der Waals surface area contributed by atoms with E-state index in [0.29, 0.717) is 45.3 Å². The SMILES string of the molecule is Cc1c(-c2ccnn2-c2ccc(C#N)cc2)n(C(=O)NCc2ccccn2)c(=O)n1-c1cccc(CF)c1. The van der Waals surface area contributed by atoms with E-state index in [1.807, 2.05) is 0 Å². The number of nitrogens with one attached hydrogen (secondary N) is 1. The Labute approximate surface area is 217 Å². The zero-order valence-corrected chi connectivity index (χ0v) is 20.4. The molecule has 3 heterocycles. The molecule has 0 aliphatic heterocycles. The van der Waals surface area contributed by atoms with Gasteiger partial charge in [-0.15, -0.1) is 0 Å². The highest BCUT2D eigenvalue weighted by atomic mass is 19.1. The number of carbonyl (C=O) groups is 1. The van der Waals surface area contributed by atoms with Gasteiger partial charge in [0.15, 0.2) is 0 Å². The minimum atomic E-state index is -0.689. The molecule has 0 aliphatic rings. The smallest absolute Gasteiger partial charge is 0.332 e. The van der Waals surface area contributed by atoms with Crippen LogP contribution in [0.25, 0.3) is 22.8 Å². The van der Waals surface area contributed by atoms with Crippen LogP contribution >= 0.6 is 0 Å². The molecule has 3 aromatic heterocycles. The molecule has 0 spiro atoms. The maximum atomic E-state index is 13.8. The van der Waals surface area contributed by atoms with Crippen LogP contribution in [0.4, 0.5) is 9.18 Å². The van der Waals surface area contributed by atoms with E-state index in [4.69, 9.17) is 5.26 Å². The van der Waals surface area contributed by atoms with Gasteiger partial charge in [-0.2, -0.15) is 10.4 Å². The summed E-state index contributed by atoms with van der Waals surface area (Å²) in [7, 11) is 0. The molecule has 5 rings (SSSR count). The van der Waals surface area contributed by atoms with E-state index in [-0.39, 0.29) is 6.54 Å². The summed E-state index contributed by atoms with van der Waals surface area (Å²) in [4.78, 5) is 31.5. The van der Waals surface area contributed by atoms with E-state index >= 15 is 0 Å². The number of hydrogen-bond acceptors (Lipinski definition) is 5. The number of alkyl halides is 1. The van der Waals surface area contributed by atoms with Crippen molar-refractivity contribution in [1.29, 1.82) is 5.26 Å². The van der Waals surface area contributed by atoms with E-state index in [1.165, 1.54) is 4.57 Å². The summed E-state index contributed by atoms with van der Waals surface area (Å²) in [6, 6.07) is 21.8. The van der Waals surface area contributed by atoms with Crippen LogP contribution in [0.2, 0.25) is 0 Å². The van der Waals surface area contributed by atoms with Gasteiger partial charge in [0.05, 0.1) is 52.8 Å². The number of halogens is 1. The molecule has 0 unspecified atom stereocenters. The average molecular weight is 508 g/mol. The molecular weight excluding hydrogens is 485 g/mol. The van der Waals surface area contributed by atoms with Gasteiger partial charge < -0.3 is 5.32 Å². The summed E-state index contributed by atoms with van der Waals surface area (Å²) in [5, 5.41) is 16.3. The van der Waals surface area contributed by atoms with Crippen molar-refractivity contribution in [3.63, 3.8) is 0 Å². The lowest BCUT2D eigenvalue weighted by Gasteiger charge is -2.11. The fourth-order valence-electron chi connectivity index (χ4n) is 4.29. The van der Waals surface area contributed by atoms with Gasteiger partial charge in [-0.3, -0.25) is 9.55 Å². The normalized spacial score (nSPS) is 10.8. The third-order valence-corrected chi connectivity index (χ3v) is 6.08. The molecular formula is C28H22FN7O2. The number of carbonyl (C=O) groups excluding carboxylic acids is 1. The monoisotopic (exact) mass is 507 g/mol. The van der Waals surface area contributed by atoms with E-state index in [2.05, 4.69) is 21.5 Å². The Morgan fingerprint density at radius 2 is 1.84 bits per heavy atom. The number of benzene rings is 2. The van der Waals surface area contributed by atoms with Crippen molar-refractivity contribution in [2.24, 2.45) is 0 Å². The fourth-order valence-corrected chi connectivity index (χ4v) is 4.29. The molecule has 38 heavy (non-hydrogen) atoms. The van der Waals surface area contributed by atoms with Gasteiger partial charge in [-0.1, -0.05) is 18.2 Å². The van der Waals surface area contributed by atoms with E-state index in [1.54, 1.807) is 96.8 Å². The van der Waals surface area contributed by atoms with Crippen LogP contribution in [0.5, 0.6) is 0 Å². The number of nitrogens with zero attached hydrogens (tertiary/aromatic N) is 6. The second kappa shape index (κ2) is 10.4. The molecule has 188 valence electrons. The average Bonchev–Trinajstić information content (AvgIpc) is 3.54. The van der Waals surface area contributed by atoms with Crippen LogP contribution in [-0.4, -0.2) is 29.9 Å². The van der Waals surface area contributed by atoms with Gasteiger partial charge in [0.1, 0.15) is 12.4 Å². The maximum absolute atomic E-state index is 13.8. The van der Waals surface area contributed by atoms with Crippen LogP contribution in [0, 0.1) is 18.3 Å². The zero-order chi connectivity index (χ0) is 26.6. The number of imidazole rings is 1. The first-order valence-corrected chi connectivity index (χ1v) is 11.7. The Morgan fingerprint density at radius 3 is 2.55 bits per heavy atom. The number of rotatable bonds is 6. The highest BCUT2D eigenvalue weighted by Crippen LogP contribution is 2.27. The lowest BCUT2D eigenvalue weighted by atomic mass is 10.2. The Bertz CT molecular complexity index is 1710. The zero-order valence-electron chi connectivity index (χ0n) is 20.4. The quantitative estimate of drug-likeness (QED) is 0.369. The third kappa shape index (κ3) is 4.49. The molecule has 0 radical (unpaired) electrons. The first-order valence-electron chi connectivity index (χ1n) is 11.7. The summed E-state index contributed by atoms with van der Waals surface area (Å²) in [6.07, 6.45) is 3.18. The standard InChI is InChI=1S/C28H22FN7O2/c1-19-26(25-12-14-33-36(25)23-10-8-20(17-30)9-11-23)35(27(37)32-18-22-6-2-3-13-31-22)28(38)34(19)24-7-4-5-21(15-24)16-29/h2-15H,16,18H2,1H3,(H,32,37). The first-order chi connectivity index (χ1) is 18.5. The maximum Gasteiger partial charge on any atom is 0.341 e. The van der Waals surface area contributed by atoms with Crippen LogP contribution in [0.15, 0.2) is 90.0 Å². The van der Waals surface area contributed by atoms with Crippen molar-refractivity contribution in [1.82, 2.24) is 29.2 Å². The third-order valence-electron chi connectivity index (χ3n) is 6.08.